The summed E-state index contributed by atoms with van der Waals surface area (Å²) in [5, 5.41) is 3.46. The topological polar surface area (TPSA) is 49.4 Å². The average molecular weight is 390 g/mol. The van der Waals surface area contributed by atoms with Crippen molar-refractivity contribution in [2.75, 3.05) is 19.6 Å². The first-order valence-corrected chi connectivity index (χ1v) is 8.21. The number of hydrogen-bond donors (Lipinski definition) is 1. The molecule has 0 aromatic heterocycles. The number of nitrogens with zero attached hydrogens (tertiary/aromatic N) is 1. The molecular weight excluding hydrogens is 375 g/mol. The molecule has 19 heavy (non-hydrogen) atoms. The van der Waals surface area contributed by atoms with Gasteiger partial charge in [0.25, 0.3) is 0 Å². The predicted molar refractivity (Wildman–Crippen MR) is 82.6 cm³/mol. The molecule has 1 N–H and O–H groups in total. The lowest BCUT2D eigenvalue weighted by Gasteiger charge is -2.31. The van der Waals surface area contributed by atoms with E-state index in [2.05, 4.69) is 21.2 Å². The van der Waals surface area contributed by atoms with E-state index >= 15 is 0 Å². The maximum Gasteiger partial charge on any atom is 0.244 e. The molecule has 2 rings (SSSR count). The minimum Gasteiger partial charge on any atom is -0.312 e. The molecule has 1 aliphatic rings. The highest BCUT2D eigenvalue weighted by atomic mass is 79.9. The number of sulfonamides is 1. The van der Waals surface area contributed by atoms with Gasteiger partial charge in [0.2, 0.25) is 10.0 Å². The van der Waals surface area contributed by atoms with Crippen LogP contribution in [0.2, 0.25) is 5.02 Å². The molecule has 0 saturated carbocycles. The first kappa shape index (κ1) is 17.2. The molecule has 0 bridgehead atoms. The van der Waals surface area contributed by atoms with Crippen LogP contribution in [0.3, 0.4) is 0 Å². The summed E-state index contributed by atoms with van der Waals surface area (Å²) < 4.78 is 27.2. The molecule has 108 valence electrons. The Bertz CT molecular complexity index is 554. The van der Waals surface area contributed by atoms with Crippen molar-refractivity contribution in [3.8, 4) is 0 Å². The van der Waals surface area contributed by atoms with Crippen molar-refractivity contribution in [3.63, 3.8) is 0 Å². The molecule has 0 aliphatic carbocycles. The Kier molecular flexibility index (Phi) is 6.10. The van der Waals surface area contributed by atoms with Crippen LogP contribution >= 0.6 is 39.9 Å². The van der Waals surface area contributed by atoms with Crippen LogP contribution in [0.25, 0.3) is 0 Å². The fraction of sp³-hybridized carbons (Fsp3) is 0.455. The monoisotopic (exact) mass is 388 g/mol. The second-order valence-electron chi connectivity index (χ2n) is 4.29. The van der Waals surface area contributed by atoms with E-state index in [1.54, 1.807) is 12.1 Å². The zero-order chi connectivity index (χ0) is 13.3. The highest BCUT2D eigenvalue weighted by Gasteiger charge is 2.29. The van der Waals surface area contributed by atoms with Gasteiger partial charge in [-0.2, -0.15) is 4.31 Å². The maximum absolute atomic E-state index is 12.5. The third-order valence-electron chi connectivity index (χ3n) is 2.84. The minimum absolute atomic E-state index is 0. The van der Waals surface area contributed by atoms with Gasteiger partial charge in [-0.1, -0.05) is 27.5 Å². The van der Waals surface area contributed by atoms with Gasteiger partial charge in [-0.25, -0.2) is 8.42 Å². The summed E-state index contributed by atoms with van der Waals surface area (Å²) in [6.45, 7) is 3.56. The van der Waals surface area contributed by atoms with Crippen molar-refractivity contribution >= 4 is 50.0 Å². The van der Waals surface area contributed by atoms with Gasteiger partial charge in [-0.15, -0.1) is 12.4 Å². The highest BCUT2D eigenvalue weighted by Crippen LogP contribution is 2.28. The van der Waals surface area contributed by atoms with Crippen molar-refractivity contribution < 1.29 is 8.42 Å². The van der Waals surface area contributed by atoms with Crippen LogP contribution in [-0.2, 0) is 10.0 Å². The fourth-order valence-corrected chi connectivity index (χ4v) is 4.48. The standard InChI is InChI=1S/C11H14BrClN2O2S.ClH/c1-8-7-15(5-4-14-8)18(16,17)11-3-2-9(12)6-10(11)13;/h2-3,6,8,14H,4-5,7H2,1H3;1H/t8-;/m0./s1. The van der Waals surface area contributed by atoms with E-state index in [4.69, 9.17) is 11.6 Å². The predicted octanol–water partition coefficient (Wildman–Crippen LogP) is 2.51. The van der Waals surface area contributed by atoms with Crippen molar-refractivity contribution in [2.24, 2.45) is 0 Å². The van der Waals surface area contributed by atoms with Gasteiger partial charge in [-0.05, 0) is 25.1 Å². The Hall–Kier alpha value is 0.150. The van der Waals surface area contributed by atoms with Gasteiger partial charge < -0.3 is 5.32 Å². The van der Waals surface area contributed by atoms with Crippen molar-refractivity contribution in [1.82, 2.24) is 9.62 Å². The number of piperazine rings is 1. The van der Waals surface area contributed by atoms with Crippen LogP contribution in [0, 0.1) is 0 Å². The van der Waals surface area contributed by atoms with Crippen molar-refractivity contribution in [3.05, 3.63) is 27.7 Å². The zero-order valence-corrected chi connectivity index (χ0v) is 14.2. The minimum atomic E-state index is -3.50. The average Bonchev–Trinajstić information content (AvgIpc) is 2.28. The first-order valence-electron chi connectivity index (χ1n) is 5.60. The third kappa shape index (κ3) is 3.83. The number of halogens is 3. The molecule has 1 aromatic rings. The number of benzene rings is 1. The SMILES string of the molecule is C[C@H]1CN(S(=O)(=O)c2ccc(Br)cc2Cl)CCN1.Cl. The lowest BCUT2D eigenvalue weighted by atomic mass is 10.3. The fourth-order valence-electron chi connectivity index (χ4n) is 1.94. The summed E-state index contributed by atoms with van der Waals surface area (Å²) in [6, 6.07) is 4.97. The third-order valence-corrected chi connectivity index (χ3v) is 5.68. The van der Waals surface area contributed by atoms with Gasteiger partial charge >= 0.3 is 0 Å². The van der Waals surface area contributed by atoms with E-state index in [0.29, 0.717) is 19.6 Å². The van der Waals surface area contributed by atoms with Crippen LogP contribution in [0.15, 0.2) is 27.6 Å². The molecular formula is C11H15BrCl2N2O2S. The summed E-state index contributed by atoms with van der Waals surface area (Å²) in [6.07, 6.45) is 0. The quantitative estimate of drug-likeness (QED) is 0.845. The molecule has 1 aliphatic heterocycles. The van der Waals surface area contributed by atoms with E-state index in [1.165, 1.54) is 10.4 Å². The smallest absolute Gasteiger partial charge is 0.244 e. The van der Waals surface area contributed by atoms with E-state index in [9.17, 15) is 8.42 Å². The van der Waals surface area contributed by atoms with E-state index in [1.807, 2.05) is 6.92 Å². The number of rotatable bonds is 2. The van der Waals surface area contributed by atoms with Crippen LogP contribution in [0.1, 0.15) is 6.92 Å². The Balaban J connectivity index is 0.00000180. The lowest BCUT2D eigenvalue weighted by Crippen LogP contribution is -2.51. The van der Waals surface area contributed by atoms with Crippen LogP contribution in [-0.4, -0.2) is 38.4 Å². The Labute approximate surface area is 133 Å². The molecule has 0 unspecified atom stereocenters. The van der Waals surface area contributed by atoms with E-state index in [0.717, 1.165) is 4.47 Å². The Morgan fingerprint density at radius 2 is 2.16 bits per heavy atom. The Morgan fingerprint density at radius 3 is 2.74 bits per heavy atom. The number of nitrogens with one attached hydrogen (secondary N) is 1. The maximum atomic E-state index is 12.5. The highest BCUT2D eigenvalue weighted by molar-refractivity contribution is 9.10. The van der Waals surface area contributed by atoms with Gasteiger partial charge in [0.15, 0.2) is 0 Å². The zero-order valence-electron chi connectivity index (χ0n) is 10.3. The normalized spacial score (nSPS) is 20.9. The molecule has 0 amide bonds. The first-order chi connectivity index (χ1) is 8.41. The van der Waals surface area contributed by atoms with Gasteiger partial charge in [-0.3, -0.25) is 0 Å². The van der Waals surface area contributed by atoms with Crippen LogP contribution < -0.4 is 5.32 Å². The summed E-state index contributed by atoms with van der Waals surface area (Å²) >= 11 is 9.28. The number of hydrogen-bond acceptors (Lipinski definition) is 3. The molecule has 1 fully saturated rings. The summed E-state index contributed by atoms with van der Waals surface area (Å²) in [5.41, 5.74) is 0. The van der Waals surface area contributed by atoms with Crippen molar-refractivity contribution in [1.29, 1.82) is 0 Å². The second kappa shape index (κ2) is 6.74. The van der Waals surface area contributed by atoms with Crippen LogP contribution in [0.5, 0.6) is 0 Å². The van der Waals surface area contributed by atoms with E-state index in [-0.39, 0.29) is 28.4 Å². The molecule has 0 radical (unpaired) electrons. The van der Waals surface area contributed by atoms with Gasteiger partial charge in [0, 0.05) is 30.1 Å². The van der Waals surface area contributed by atoms with Crippen molar-refractivity contribution in [2.45, 2.75) is 17.9 Å². The second-order valence-corrected chi connectivity index (χ2v) is 7.52. The molecule has 1 aromatic carbocycles. The summed E-state index contributed by atoms with van der Waals surface area (Å²) in [5.74, 6) is 0. The molecule has 8 heteroatoms. The molecule has 1 heterocycles. The lowest BCUT2D eigenvalue weighted by molar-refractivity contribution is 0.310. The summed E-state index contributed by atoms with van der Waals surface area (Å²) in [4.78, 5) is 0.168. The molecule has 1 saturated heterocycles. The van der Waals surface area contributed by atoms with Gasteiger partial charge in [0.1, 0.15) is 4.90 Å². The summed E-state index contributed by atoms with van der Waals surface area (Å²) in [7, 11) is -3.50. The molecule has 0 spiro atoms. The molecule has 1 atom stereocenters. The van der Waals surface area contributed by atoms with Gasteiger partial charge in [0.05, 0.1) is 5.02 Å². The van der Waals surface area contributed by atoms with E-state index < -0.39 is 10.0 Å². The van der Waals surface area contributed by atoms with Crippen LogP contribution in [0.4, 0.5) is 0 Å². The Morgan fingerprint density at radius 1 is 1.47 bits per heavy atom. The largest absolute Gasteiger partial charge is 0.312 e. The molecule has 4 nitrogen and oxygen atoms in total.